The van der Waals surface area contributed by atoms with Gasteiger partial charge in [0.1, 0.15) is 0 Å². The predicted molar refractivity (Wildman–Crippen MR) is 54.7 cm³/mol. The molecule has 1 atom stereocenters. The third-order valence-electron chi connectivity index (χ3n) is 2.77. The van der Waals surface area contributed by atoms with Gasteiger partial charge >= 0.3 is 5.97 Å². The number of nitrogens with one attached hydrogen (secondary N) is 1. The molecule has 0 amide bonds. The lowest BCUT2D eigenvalue weighted by molar-refractivity contribution is -0.139. The maximum Gasteiger partial charge on any atom is 0.338 e. The van der Waals surface area contributed by atoms with E-state index in [1.807, 2.05) is 0 Å². The van der Waals surface area contributed by atoms with E-state index >= 15 is 0 Å². The molecule has 82 valence electrons. The summed E-state index contributed by atoms with van der Waals surface area (Å²) in [5.74, 6) is -0.403. The Labute approximate surface area is 88.6 Å². The molecule has 15 heavy (non-hydrogen) atoms. The first-order valence-electron chi connectivity index (χ1n) is 5.27. The van der Waals surface area contributed by atoms with Crippen molar-refractivity contribution in [3.05, 3.63) is 22.9 Å². The molecule has 1 aliphatic heterocycles. The van der Waals surface area contributed by atoms with Crippen LogP contribution >= 0.6 is 0 Å². The fraction of sp³-hybridized carbons (Fsp3) is 0.545. The number of hydrogen-bond acceptors (Lipinski definition) is 4. The average Bonchev–Trinajstić information content (AvgIpc) is 2.65. The Balaban J connectivity index is 2.32. The normalized spacial score (nSPS) is 24.4. The second-order valence-corrected chi connectivity index (χ2v) is 3.71. The Bertz CT molecular complexity index is 344. The molecule has 4 nitrogen and oxygen atoms in total. The molecule has 1 saturated carbocycles. The van der Waals surface area contributed by atoms with Crippen molar-refractivity contribution in [1.29, 1.82) is 0 Å². The number of fused-ring (bicyclic) bond motifs is 1. The van der Waals surface area contributed by atoms with Gasteiger partial charge in [0.05, 0.1) is 12.2 Å². The Hall–Kier alpha value is -1.29. The highest BCUT2D eigenvalue weighted by molar-refractivity contribution is 5.92. The van der Waals surface area contributed by atoms with Gasteiger partial charge in [0, 0.05) is 6.20 Å². The van der Waals surface area contributed by atoms with Gasteiger partial charge in [-0.3, -0.25) is 0 Å². The molecular weight excluding hydrogens is 194 g/mol. The van der Waals surface area contributed by atoms with E-state index in [0.717, 1.165) is 30.4 Å². The average molecular weight is 209 g/mol. The van der Waals surface area contributed by atoms with Gasteiger partial charge in [-0.1, -0.05) is 0 Å². The number of rotatable bonds is 2. The fourth-order valence-electron chi connectivity index (χ4n) is 2.11. The summed E-state index contributed by atoms with van der Waals surface area (Å²) in [5.41, 5.74) is 2.50. The van der Waals surface area contributed by atoms with Crippen molar-refractivity contribution >= 4 is 5.97 Å². The number of allylic oxidation sites excluding steroid dienone is 2. The van der Waals surface area contributed by atoms with Crippen molar-refractivity contribution in [3.8, 4) is 0 Å². The Kier molecular flexibility index (Phi) is 2.77. The van der Waals surface area contributed by atoms with Crippen molar-refractivity contribution in [2.75, 3.05) is 6.61 Å². The molecule has 1 aliphatic carbocycles. The van der Waals surface area contributed by atoms with Gasteiger partial charge in [-0.15, -0.1) is 0 Å². The highest BCUT2D eigenvalue weighted by atomic mass is 16.5. The molecule has 0 bridgehead atoms. The molecule has 1 unspecified atom stereocenters. The van der Waals surface area contributed by atoms with E-state index in [4.69, 9.17) is 4.74 Å². The third-order valence-corrected chi connectivity index (χ3v) is 2.77. The molecule has 0 aromatic heterocycles. The first-order valence-corrected chi connectivity index (χ1v) is 5.27. The minimum absolute atomic E-state index is 0.335. The van der Waals surface area contributed by atoms with Gasteiger partial charge in [0.2, 0.25) is 0 Å². The smallest absolute Gasteiger partial charge is 0.338 e. The number of hydrogen-bond donors (Lipinski definition) is 2. The fourth-order valence-corrected chi connectivity index (χ4v) is 2.11. The first-order chi connectivity index (χ1) is 7.24. The topological polar surface area (TPSA) is 58.6 Å². The van der Waals surface area contributed by atoms with Gasteiger partial charge in [0.15, 0.2) is 6.23 Å². The van der Waals surface area contributed by atoms with Gasteiger partial charge < -0.3 is 15.2 Å². The Morgan fingerprint density at radius 2 is 2.47 bits per heavy atom. The summed E-state index contributed by atoms with van der Waals surface area (Å²) in [6, 6.07) is 0. The predicted octanol–water partition coefficient (Wildman–Crippen LogP) is 0.835. The van der Waals surface area contributed by atoms with Gasteiger partial charge in [-0.25, -0.2) is 4.79 Å². The zero-order valence-electron chi connectivity index (χ0n) is 8.75. The lowest BCUT2D eigenvalue weighted by atomic mass is 9.99. The van der Waals surface area contributed by atoms with E-state index in [9.17, 15) is 9.90 Å². The molecule has 0 radical (unpaired) electrons. The molecule has 0 saturated heterocycles. The lowest BCUT2D eigenvalue weighted by Crippen LogP contribution is -2.35. The summed E-state index contributed by atoms with van der Waals surface area (Å²) in [4.78, 5) is 11.6. The van der Waals surface area contributed by atoms with Crippen LogP contribution in [0.2, 0.25) is 0 Å². The van der Waals surface area contributed by atoms with Crippen LogP contribution in [0.3, 0.4) is 0 Å². The van der Waals surface area contributed by atoms with Crippen molar-refractivity contribution in [1.82, 2.24) is 5.32 Å². The van der Waals surface area contributed by atoms with E-state index in [1.54, 1.807) is 13.1 Å². The van der Waals surface area contributed by atoms with Crippen LogP contribution in [-0.2, 0) is 9.53 Å². The van der Waals surface area contributed by atoms with Crippen LogP contribution in [0.15, 0.2) is 22.9 Å². The van der Waals surface area contributed by atoms with E-state index in [-0.39, 0.29) is 0 Å². The quantitative estimate of drug-likeness (QED) is 0.661. The minimum Gasteiger partial charge on any atom is -0.462 e. The minimum atomic E-state index is -0.916. The maximum atomic E-state index is 11.6. The van der Waals surface area contributed by atoms with E-state index in [2.05, 4.69) is 5.32 Å². The summed E-state index contributed by atoms with van der Waals surface area (Å²) in [7, 11) is 0. The zero-order chi connectivity index (χ0) is 10.8. The number of aliphatic hydroxyl groups excluding tert-OH is 1. The molecule has 2 N–H and O–H groups in total. The standard InChI is InChI=1S/C11H15NO3/c1-2-15-11(14)9-8-5-3-4-7(8)6-12-10(9)13/h6,10,12-13H,2-5H2,1H3. The molecule has 2 aliphatic rings. The summed E-state index contributed by atoms with van der Waals surface area (Å²) in [6.45, 7) is 2.10. The number of aliphatic hydroxyl groups is 1. The van der Waals surface area contributed by atoms with E-state index in [0.29, 0.717) is 12.2 Å². The maximum absolute atomic E-state index is 11.6. The van der Waals surface area contributed by atoms with Gasteiger partial charge in [0.25, 0.3) is 0 Å². The molecule has 2 rings (SSSR count). The highest BCUT2D eigenvalue weighted by Crippen LogP contribution is 2.35. The summed E-state index contributed by atoms with van der Waals surface area (Å²) in [6.07, 6.45) is 3.76. The van der Waals surface area contributed by atoms with Crippen molar-refractivity contribution in [2.45, 2.75) is 32.4 Å². The SMILES string of the molecule is CCOC(=O)C1=C2CCCC2=CNC1O. The van der Waals surface area contributed by atoms with Crippen molar-refractivity contribution in [3.63, 3.8) is 0 Å². The number of esters is 1. The van der Waals surface area contributed by atoms with Crippen LogP contribution in [0.1, 0.15) is 26.2 Å². The molecule has 0 aromatic carbocycles. The Morgan fingerprint density at radius 3 is 3.20 bits per heavy atom. The number of dihydropyridines is 1. The molecule has 1 fully saturated rings. The molecule has 0 aromatic rings. The van der Waals surface area contributed by atoms with Crippen LogP contribution in [0, 0.1) is 0 Å². The molecular formula is C11H15NO3. The summed E-state index contributed by atoms with van der Waals surface area (Å²) >= 11 is 0. The Morgan fingerprint density at radius 1 is 1.67 bits per heavy atom. The summed E-state index contributed by atoms with van der Waals surface area (Å²) in [5, 5.41) is 12.5. The zero-order valence-corrected chi connectivity index (χ0v) is 8.75. The molecule has 1 heterocycles. The second kappa shape index (κ2) is 4.06. The highest BCUT2D eigenvalue weighted by Gasteiger charge is 2.30. The molecule has 4 heteroatoms. The van der Waals surface area contributed by atoms with Crippen molar-refractivity contribution in [2.24, 2.45) is 0 Å². The van der Waals surface area contributed by atoms with Crippen molar-refractivity contribution < 1.29 is 14.6 Å². The van der Waals surface area contributed by atoms with Crippen LogP contribution in [0.4, 0.5) is 0 Å². The molecule has 0 spiro atoms. The summed E-state index contributed by atoms with van der Waals surface area (Å²) < 4.78 is 4.94. The number of carbonyl (C=O) groups excluding carboxylic acids is 1. The van der Waals surface area contributed by atoms with E-state index in [1.165, 1.54) is 0 Å². The first kappa shape index (κ1) is 10.2. The third kappa shape index (κ3) is 1.77. The van der Waals surface area contributed by atoms with Gasteiger partial charge in [-0.05, 0) is 37.3 Å². The lowest BCUT2D eigenvalue weighted by Gasteiger charge is -2.22. The number of ether oxygens (including phenoxy) is 1. The van der Waals surface area contributed by atoms with Crippen LogP contribution in [0.5, 0.6) is 0 Å². The number of carbonyl (C=O) groups is 1. The monoisotopic (exact) mass is 209 g/mol. The van der Waals surface area contributed by atoms with Crippen LogP contribution in [0.25, 0.3) is 0 Å². The second-order valence-electron chi connectivity index (χ2n) is 3.71. The van der Waals surface area contributed by atoms with Crippen LogP contribution in [-0.4, -0.2) is 23.9 Å². The van der Waals surface area contributed by atoms with Gasteiger partial charge in [-0.2, -0.15) is 0 Å². The van der Waals surface area contributed by atoms with Crippen LogP contribution < -0.4 is 5.32 Å². The van der Waals surface area contributed by atoms with E-state index < -0.39 is 12.2 Å². The largest absolute Gasteiger partial charge is 0.462 e.